The minimum absolute atomic E-state index is 0.251. The summed E-state index contributed by atoms with van der Waals surface area (Å²) in [5.41, 5.74) is -0.201. The lowest BCUT2D eigenvalue weighted by atomic mass is 10.1. The van der Waals surface area contributed by atoms with Crippen LogP contribution >= 0.6 is 0 Å². The van der Waals surface area contributed by atoms with E-state index in [4.69, 9.17) is 9.47 Å². The average molecular weight is 331 g/mol. The summed E-state index contributed by atoms with van der Waals surface area (Å²) in [5.74, 6) is -0.251. The van der Waals surface area contributed by atoms with Gasteiger partial charge in [-0.15, -0.1) is 0 Å². The van der Waals surface area contributed by atoms with Gasteiger partial charge in [0.1, 0.15) is 0 Å². The van der Waals surface area contributed by atoms with Crippen molar-refractivity contribution in [2.24, 2.45) is 0 Å². The summed E-state index contributed by atoms with van der Waals surface area (Å²) in [5, 5.41) is 0. The average Bonchev–Trinajstić information content (AvgIpc) is 2.52. The molecular formula is C16H20F3NO3. The van der Waals surface area contributed by atoms with Crippen LogP contribution in [0.2, 0.25) is 0 Å². The standard InChI is InChI=1S/C16H20F3NO3/c1-22-11-9-20(10-12-23-2)15(21)8-5-13-3-6-14(7-4-13)16(17,18)19/h3-8H,9-12H2,1-2H3/b8-5+. The van der Waals surface area contributed by atoms with Crippen molar-refractivity contribution in [2.45, 2.75) is 6.18 Å². The molecule has 0 bridgehead atoms. The number of benzene rings is 1. The summed E-state index contributed by atoms with van der Waals surface area (Å²) in [6.07, 6.45) is -1.56. The highest BCUT2D eigenvalue weighted by atomic mass is 19.4. The number of rotatable bonds is 8. The molecule has 0 fully saturated rings. The number of carbonyl (C=O) groups is 1. The van der Waals surface area contributed by atoms with E-state index < -0.39 is 11.7 Å². The summed E-state index contributed by atoms with van der Waals surface area (Å²) in [6.45, 7) is 1.61. The fourth-order valence-electron chi connectivity index (χ4n) is 1.79. The Morgan fingerprint density at radius 3 is 2.04 bits per heavy atom. The molecule has 128 valence electrons. The summed E-state index contributed by atoms with van der Waals surface area (Å²) < 4.78 is 47.3. The van der Waals surface area contributed by atoms with Crippen molar-refractivity contribution in [3.63, 3.8) is 0 Å². The molecule has 1 aromatic carbocycles. The minimum atomic E-state index is -4.37. The summed E-state index contributed by atoms with van der Waals surface area (Å²) >= 11 is 0. The van der Waals surface area contributed by atoms with E-state index in [2.05, 4.69) is 0 Å². The maximum absolute atomic E-state index is 12.5. The van der Waals surface area contributed by atoms with Gasteiger partial charge < -0.3 is 14.4 Å². The Balaban J connectivity index is 2.70. The monoisotopic (exact) mass is 331 g/mol. The molecule has 0 spiro atoms. The van der Waals surface area contributed by atoms with Crippen molar-refractivity contribution in [3.05, 3.63) is 41.5 Å². The second-order valence-corrected chi connectivity index (χ2v) is 4.76. The Hall–Kier alpha value is -1.86. The summed E-state index contributed by atoms with van der Waals surface area (Å²) in [4.78, 5) is 13.7. The smallest absolute Gasteiger partial charge is 0.383 e. The first-order valence-corrected chi connectivity index (χ1v) is 7.00. The molecule has 0 aromatic heterocycles. The highest BCUT2D eigenvalue weighted by Crippen LogP contribution is 2.29. The molecule has 0 radical (unpaired) electrons. The van der Waals surface area contributed by atoms with Crippen molar-refractivity contribution >= 4 is 12.0 Å². The van der Waals surface area contributed by atoms with Gasteiger partial charge in [0.15, 0.2) is 0 Å². The molecule has 23 heavy (non-hydrogen) atoms. The maximum Gasteiger partial charge on any atom is 0.416 e. The molecule has 0 atom stereocenters. The van der Waals surface area contributed by atoms with Crippen LogP contribution in [-0.2, 0) is 20.4 Å². The first-order chi connectivity index (χ1) is 10.9. The number of nitrogens with zero attached hydrogens (tertiary/aromatic N) is 1. The van der Waals surface area contributed by atoms with E-state index in [0.717, 1.165) is 12.1 Å². The number of alkyl halides is 3. The Kier molecular flexibility index (Phi) is 7.77. The van der Waals surface area contributed by atoms with Crippen molar-refractivity contribution in [1.29, 1.82) is 0 Å². The van der Waals surface area contributed by atoms with Crippen LogP contribution in [0.5, 0.6) is 0 Å². The molecule has 1 rings (SSSR count). The summed E-state index contributed by atoms with van der Waals surface area (Å²) in [6, 6.07) is 4.61. The van der Waals surface area contributed by atoms with Crippen LogP contribution in [0, 0.1) is 0 Å². The molecule has 0 heterocycles. The number of halogens is 3. The number of hydrogen-bond donors (Lipinski definition) is 0. The molecule has 0 unspecified atom stereocenters. The van der Waals surface area contributed by atoms with Crippen LogP contribution in [0.25, 0.3) is 6.08 Å². The van der Waals surface area contributed by atoms with E-state index in [1.54, 1.807) is 4.90 Å². The van der Waals surface area contributed by atoms with E-state index in [-0.39, 0.29) is 5.91 Å². The van der Waals surface area contributed by atoms with Gasteiger partial charge in [0.25, 0.3) is 0 Å². The lowest BCUT2D eigenvalue weighted by Gasteiger charge is -2.20. The molecule has 1 aromatic rings. The first-order valence-electron chi connectivity index (χ1n) is 7.00. The second kappa shape index (κ2) is 9.32. The van der Waals surface area contributed by atoms with Crippen LogP contribution in [-0.4, -0.2) is 51.3 Å². The minimum Gasteiger partial charge on any atom is -0.383 e. The van der Waals surface area contributed by atoms with Gasteiger partial charge in [-0.05, 0) is 23.8 Å². The first kappa shape index (κ1) is 19.2. The molecule has 7 heteroatoms. The molecule has 0 aliphatic heterocycles. The fourth-order valence-corrected chi connectivity index (χ4v) is 1.79. The number of ether oxygens (including phenoxy) is 2. The van der Waals surface area contributed by atoms with Crippen LogP contribution in [0.1, 0.15) is 11.1 Å². The Morgan fingerprint density at radius 2 is 1.61 bits per heavy atom. The molecular weight excluding hydrogens is 311 g/mol. The van der Waals surface area contributed by atoms with E-state index in [1.165, 1.54) is 38.5 Å². The van der Waals surface area contributed by atoms with Crippen molar-refractivity contribution < 1.29 is 27.4 Å². The number of methoxy groups -OCH3 is 2. The molecule has 0 aliphatic carbocycles. The van der Waals surface area contributed by atoms with E-state index in [0.29, 0.717) is 31.9 Å². The zero-order chi connectivity index (χ0) is 17.3. The Labute approximate surface area is 133 Å². The van der Waals surface area contributed by atoms with Crippen LogP contribution in [0.4, 0.5) is 13.2 Å². The zero-order valence-electron chi connectivity index (χ0n) is 13.1. The second-order valence-electron chi connectivity index (χ2n) is 4.76. The highest BCUT2D eigenvalue weighted by Gasteiger charge is 2.29. The normalized spacial score (nSPS) is 11.9. The van der Waals surface area contributed by atoms with Gasteiger partial charge >= 0.3 is 6.18 Å². The van der Waals surface area contributed by atoms with Crippen LogP contribution < -0.4 is 0 Å². The largest absolute Gasteiger partial charge is 0.416 e. The van der Waals surface area contributed by atoms with Gasteiger partial charge in [-0.1, -0.05) is 12.1 Å². The fraction of sp³-hybridized carbons (Fsp3) is 0.438. The SMILES string of the molecule is COCCN(CCOC)C(=O)/C=C/c1ccc(C(F)(F)F)cc1. The van der Waals surface area contributed by atoms with Gasteiger partial charge in [0.2, 0.25) is 5.91 Å². The van der Waals surface area contributed by atoms with Crippen molar-refractivity contribution in [1.82, 2.24) is 4.90 Å². The quantitative estimate of drug-likeness (QED) is 0.688. The number of hydrogen-bond acceptors (Lipinski definition) is 3. The van der Waals surface area contributed by atoms with E-state index in [9.17, 15) is 18.0 Å². The van der Waals surface area contributed by atoms with Gasteiger partial charge in [-0.3, -0.25) is 4.79 Å². The van der Waals surface area contributed by atoms with Gasteiger partial charge in [-0.2, -0.15) is 13.2 Å². The van der Waals surface area contributed by atoms with Crippen molar-refractivity contribution in [2.75, 3.05) is 40.5 Å². The number of amides is 1. The Morgan fingerprint density at radius 1 is 1.09 bits per heavy atom. The van der Waals surface area contributed by atoms with Gasteiger partial charge in [0, 0.05) is 33.4 Å². The van der Waals surface area contributed by atoms with Crippen LogP contribution in [0.15, 0.2) is 30.3 Å². The van der Waals surface area contributed by atoms with Crippen molar-refractivity contribution in [3.8, 4) is 0 Å². The van der Waals surface area contributed by atoms with E-state index in [1.807, 2.05) is 0 Å². The summed E-state index contributed by atoms with van der Waals surface area (Å²) in [7, 11) is 3.08. The lowest BCUT2D eigenvalue weighted by Crippen LogP contribution is -2.35. The molecule has 0 aliphatic rings. The molecule has 4 nitrogen and oxygen atoms in total. The maximum atomic E-state index is 12.5. The Bertz CT molecular complexity index is 504. The molecule has 0 saturated heterocycles. The number of carbonyl (C=O) groups excluding carboxylic acids is 1. The highest BCUT2D eigenvalue weighted by molar-refractivity contribution is 5.91. The molecule has 1 amide bonds. The third-order valence-electron chi connectivity index (χ3n) is 3.10. The van der Waals surface area contributed by atoms with Crippen LogP contribution in [0.3, 0.4) is 0 Å². The van der Waals surface area contributed by atoms with E-state index >= 15 is 0 Å². The predicted octanol–water partition coefficient (Wildman–Crippen LogP) is 2.84. The third kappa shape index (κ3) is 6.83. The lowest BCUT2D eigenvalue weighted by molar-refractivity contribution is -0.137. The van der Waals surface area contributed by atoms with Gasteiger partial charge in [0.05, 0.1) is 18.8 Å². The topological polar surface area (TPSA) is 38.8 Å². The molecule has 0 N–H and O–H groups in total. The predicted molar refractivity (Wildman–Crippen MR) is 80.8 cm³/mol. The molecule has 0 saturated carbocycles. The van der Waals surface area contributed by atoms with Gasteiger partial charge in [-0.25, -0.2) is 0 Å². The third-order valence-corrected chi connectivity index (χ3v) is 3.10. The zero-order valence-corrected chi connectivity index (χ0v) is 13.1.